The standard InChI is InChI=1S/C32H34N4O2/c1-24(2)36-32(38)35(23-33-36)29-16-14-26(15-17-29)27-19-21-34(22-20-27)31(28-11-7-4-8-12-28)30(37)18-13-25-9-5-3-6-10-25/h3-12,14-17,19,23-24,31H,13,18,20-22H2,1-2H3. The molecule has 1 atom stereocenters. The molecule has 0 N–H and O–H groups in total. The summed E-state index contributed by atoms with van der Waals surface area (Å²) in [5, 5.41) is 4.22. The number of hydrogen-bond donors (Lipinski definition) is 0. The van der Waals surface area contributed by atoms with Crippen molar-refractivity contribution in [2.24, 2.45) is 0 Å². The second-order valence-electron chi connectivity index (χ2n) is 10.1. The highest BCUT2D eigenvalue weighted by Crippen LogP contribution is 2.30. The van der Waals surface area contributed by atoms with Gasteiger partial charge in [0.2, 0.25) is 0 Å². The Kier molecular flexibility index (Phi) is 7.80. The number of ketones is 1. The molecule has 1 aromatic heterocycles. The highest BCUT2D eigenvalue weighted by Gasteiger charge is 2.28. The molecule has 3 aromatic carbocycles. The lowest BCUT2D eigenvalue weighted by atomic mass is 9.93. The lowest BCUT2D eigenvalue weighted by Gasteiger charge is -2.33. The summed E-state index contributed by atoms with van der Waals surface area (Å²) in [6, 6.07) is 28.2. The van der Waals surface area contributed by atoms with Gasteiger partial charge >= 0.3 is 5.69 Å². The van der Waals surface area contributed by atoms with Crippen LogP contribution < -0.4 is 5.69 Å². The van der Waals surface area contributed by atoms with E-state index >= 15 is 0 Å². The molecule has 0 saturated heterocycles. The number of carbonyl (C=O) groups is 1. The maximum atomic E-state index is 13.5. The summed E-state index contributed by atoms with van der Waals surface area (Å²) in [5.74, 6) is 0.258. The third kappa shape index (κ3) is 5.60. The topological polar surface area (TPSA) is 60.1 Å². The fraction of sp³-hybridized carbons (Fsp3) is 0.281. The van der Waals surface area contributed by atoms with E-state index in [4.69, 9.17) is 0 Å². The van der Waals surface area contributed by atoms with Gasteiger partial charge in [-0.3, -0.25) is 9.69 Å². The minimum atomic E-state index is -0.246. The molecule has 38 heavy (non-hydrogen) atoms. The van der Waals surface area contributed by atoms with E-state index in [0.717, 1.165) is 36.2 Å². The minimum Gasteiger partial charge on any atom is -0.298 e. The number of nitrogens with zero attached hydrogens (tertiary/aromatic N) is 4. The van der Waals surface area contributed by atoms with Crippen LogP contribution in [0.5, 0.6) is 0 Å². The molecule has 2 heterocycles. The van der Waals surface area contributed by atoms with Crippen LogP contribution in [0.25, 0.3) is 11.3 Å². The summed E-state index contributed by atoms with van der Waals surface area (Å²) in [6.07, 6.45) is 5.95. The average molecular weight is 507 g/mol. The number of aromatic nitrogens is 3. The summed E-state index contributed by atoms with van der Waals surface area (Å²) < 4.78 is 3.06. The Morgan fingerprint density at radius 1 is 0.921 bits per heavy atom. The van der Waals surface area contributed by atoms with E-state index in [-0.39, 0.29) is 23.6 Å². The van der Waals surface area contributed by atoms with Crippen molar-refractivity contribution in [3.63, 3.8) is 0 Å². The third-order valence-electron chi connectivity index (χ3n) is 7.23. The van der Waals surface area contributed by atoms with E-state index in [2.05, 4.69) is 52.5 Å². The molecular formula is C32H34N4O2. The normalized spacial score (nSPS) is 14.9. The molecule has 0 fully saturated rings. The summed E-state index contributed by atoms with van der Waals surface area (Å²) in [4.78, 5) is 28.4. The zero-order valence-electron chi connectivity index (χ0n) is 22.0. The second kappa shape index (κ2) is 11.6. The van der Waals surface area contributed by atoms with Crippen molar-refractivity contribution >= 4 is 11.4 Å². The predicted octanol–water partition coefficient (Wildman–Crippen LogP) is 5.65. The molecule has 1 aliphatic heterocycles. The number of aryl methyl sites for hydroxylation is 1. The largest absolute Gasteiger partial charge is 0.350 e. The predicted molar refractivity (Wildman–Crippen MR) is 151 cm³/mol. The molecule has 0 amide bonds. The quantitative estimate of drug-likeness (QED) is 0.294. The van der Waals surface area contributed by atoms with Crippen molar-refractivity contribution in [2.75, 3.05) is 13.1 Å². The van der Waals surface area contributed by atoms with Crippen LogP contribution >= 0.6 is 0 Å². The molecule has 0 radical (unpaired) electrons. The van der Waals surface area contributed by atoms with Gasteiger partial charge in [-0.25, -0.2) is 14.0 Å². The first kappa shape index (κ1) is 25.6. The summed E-state index contributed by atoms with van der Waals surface area (Å²) in [7, 11) is 0. The fourth-order valence-electron chi connectivity index (χ4n) is 5.15. The van der Waals surface area contributed by atoms with Gasteiger partial charge in [0.1, 0.15) is 6.33 Å². The van der Waals surface area contributed by atoms with Gasteiger partial charge in [-0.15, -0.1) is 0 Å². The SMILES string of the molecule is CC(C)n1ncn(-c2ccc(C3=CCN(C(C(=O)CCc4ccccc4)c4ccccc4)CC3)cc2)c1=O. The molecule has 0 bridgehead atoms. The molecule has 0 saturated carbocycles. The average Bonchev–Trinajstić information content (AvgIpc) is 3.35. The van der Waals surface area contributed by atoms with Crippen LogP contribution in [0.15, 0.2) is 102 Å². The fourth-order valence-corrected chi connectivity index (χ4v) is 5.15. The van der Waals surface area contributed by atoms with Crippen LogP contribution in [0, 0.1) is 0 Å². The van der Waals surface area contributed by atoms with Crippen LogP contribution in [-0.2, 0) is 11.2 Å². The van der Waals surface area contributed by atoms with Crippen molar-refractivity contribution in [1.82, 2.24) is 19.2 Å². The lowest BCUT2D eigenvalue weighted by Crippen LogP contribution is -2.37. The Balaban J connectivity index is 1.30. The molecule has 194 valence electrons. The van der Waals surface area contributed by atoms with Crippen LogP contribution in [0.1, 0.15) is 55.5 Å². The first-order valence-corrected chi connectivity index (χ1v) is 13.3. The molecule has 1 aliphatic rings. The Hall–Kier alpha value is -4.03. The van der Waals surface area contributed by atoms with Gasteiger partial charge in [-0.05, 0) is 61.1 Å². The minimum absolute atomic E-state index is 0.0169. The maximum absolute atomic E-state index is 13.5. The number of hydrogen-bond acceptors (Lipinski definition) is 4. The molecular weight excluding hydrogens is 472 g/mol. The first-order valence-electron chi connectivity index (χ1n) is 13.3. The van der Waals surface area contributed by atoms with E-state index in [1.807, 2.05) is 62.4 Å². The molecule has 0 spiro atoms. The van der Waals surface area contributed by atoms with Gasteiger partial charge in [0.25, 0.3) is 0 Å². The first-order chi connectivity index (χ1) is 18.5. The van der Waals surface area contributed by atoms with Gasteiger partial charge < -0.3 is 0 Å². The van der Waals surface area contributed by atoms with E-state index in [1.165, 1.54) is 15.8 Å². The molecule has 1 unspecified atom stereocenters. The molecule has 5 rings (SSSR count). The number of carbonyl (C=O) groups excluding carboxylic acids is 1. The van der Waals surface area contributed by atoms with Gasteiger partial charge in [-0.2, -0.15) is 5.10 Å². The Morgan fingerprint density at radius 3 is 2.21 bits per heavy atom. The summed E-state index contributed by atoms with van der Waals surface area (Å²) in [6.45, 7) is 5.42. The molecule has 0 aliphatic carbocycles. The zero-order chi connectivity index (χ0) is 26.5. The Bertz CT molecular complexity index is 1450. The van der Waals surface area contributed by atoms with Gasteiger partial charge in [0.05, 0.1) is 17.8 Å². The van der Waals surface area contributed by atoms with Gasteiger partial charge in [-0.1, -0.05) is 78.9 Å². The third-order valence-corrected chi connectivity index (χ3v) is 7.23. The van der Waals surface area contributed by atoms with Gasteiger partial charge in [0.15, 0.2) is 5.78 Å². The van der Waals surface area contributed by atoms with Crippen LogP contribution in [0.3, 0.4) is 0 Å². The summed E-state index contributed by atoms with van der Waals surface area (Å²) >= 11 is 0. The Morgan fingerprint density at radius 2 is 1.61 bits per heavy atom. The van der Waals surface area contributed by atoms with Crippen molar-refractivity contribution in [1.29, 1.82) is 0 Å². The van der Waals surface area contributed by atoms with E-state index in [0.29, 0.717) is 13.0 Å². The van der Waals surface area contributed by atoms with Gasteiger partial charge in [0, 0.05) is 19.5 Å². The lowest BCUT2D eigenvalue weighted by molar-refractivity contribution is -0.124. The maximum Gasteiger partial charge on any atom is 0.350 e. The smallest absolute Gasteiger partial charge is 0.298 e. The van der Waals surface area contributed by atoms with E-state index < -0.39 is 0 Å². The molecule has 4 aromatic rings. The van der Waals surface area contributed by atoms with E-state index in [9.17, 15) is 9.59 Å². The van der Waals surface area contributed by atoms with Crippen LogP contribution in [0.4, 0.5) is 0 Å². The van der Waals surface area contributed by atoms with Crippen LogP contribution in [0.2, 0.25) is 0 Å². The Labute approximate surface area is 223 Å². The monoisotopic (exact) mass is 506 g/mol. The number of rotatable bonds is 9. The van der Waals surface area contributed by atoms with Crippen molar-refractivity contribution < 1.29 is 4.79 Å². The molecule has 6 nitrogen and oxygen atoms in total. The molecule has 6 heteroatoms. The van der Waals surface area contributed by atoms with E-state index in [1.54, 1.807) is 10.9 Å². The van der Waals surface area contributed by atoms with Crippen molar-refractivity contribution in [3.05, 3.63) is 125 Å². The van der Waals surface area contributed by atoms with Crippen LogP contribution in [-0.4, -0.2) is 38.1 Å². The highest BCUT2D eigenvalue weighted by atomic mass is 16.2. The van der Waals surface area contributed by atoms with Crippen molar-refractivity contribution in [2.45, 2.75) is 45.2 Å². The number of Topliss-reactive ketones (excluding diaryl/α,β-unsaturated/α-hetero) is 1. The number of benzene rings is 3. The summed E-state index contributed by atoms with van der Waals surface area (Å²) in [5.41, 5.74) is 5.32. The van der Waals surface area contributed by atoms with Crippen molar-refractivity contribution in [3.8, 4) is 5.69 Å². The zero-order valence-corrected chi connectivity index (χ0v) is 22.0. The highest BCUT2D eigenvalue weighted by molar-refractivity contribution is 5.85. The second-order valence-corrected chi connectivity index (χ2v) is 10.1.